The molecule has 0 heterocycles. The summed E-state index contributed by atoms with van der Waals surface area (Å²) in [5.74, 6) is 1.53. The predicted octanol–water partition coefficient (Wildman–Crippen LogP) is 2.65. The Morgan fingerprint density at radius 2 is 2.18 bits per heavy atom. The quantitative estimate of drug-likeness (QED) is 0.559. The Kier molecular flexibility index (Phi) is 2.36. The Balaban J connectivity index is 2.52. The Morgan fingerprint density at radius 1 is 1.55 bits per heavy atom. The second-order valence-corrected chi connectivity index (χ2v) is 4.52. The van der Waals surface area contributed by atoms with Crippen molar-refractivity contribution in [3.63, 3.8) is 0 Å². The van der Waals surface area contributed by atoms with E-state index in [1.807, 2.05) is 0 Å². The summed E-state index contributed by atoms with van der Waals surface area (Å²) in [5.41, 5.74) is 0.00887. The molecule has 11 heavy (non-hydrogen) atoms. The highest BCUT2D eigenvalue weighted by molar-refractivity contribution is 5.59. The molecule has 0 spiro atoms. The average molecular weight is 154 g/mol. The molecule has 64 valence electrons. The van der Waals surface area contributed by atoms with Crippen molar-refractivity contribution in [3.05, 3.63) is 0 Å². The normalized spacial score (nSPS) is 38.0. The van der Waals surface area contributed by atoms with Crippen molar-refractivity contribution in [2.45, 2.75) is 40.0 Å². The zero-order valence-corrected chi connectivity index (χ0v) is 7.76. The Bertz CT molecular complexity index is 151. The van der Waals surface area contributed by atoms with Gasteiger partial charge in [0, 0.05) is 5.41 Å². The van der Waals surface area contributed by atoms with Crippen LogP contribution < -0.4 is 0 Å². The number of aldehydes is 1. The van der Waals surface area contributed by atoms with Crippen molar-refractivity contribution in [2.75, 3.05) is 0 Å². The van der Waals surface area contributed by atoms with Gasteiger partial charge in [0.15, 0.2) is 0 Å². The van der Waals surface area contributed by atoms with Crippen LogP contribution in [0.2, 0.25) is 0 Å². The summed E-state index contributed by atoms with van der Waals surface area (Å²) in [6.07, 6.45) is 4.59. The lowest BCUT2D eigenvalue weighted by Gasteiger charge is -2.17. The average Bonchev–Trinajstić information content (AvgIpc) is 2.33. The molecule has 1 heteroatoms. The third-order valence-corrected chi connectivity index (χ3v) is 3.04. The fourth-order valence-electron chi connectivity index (χ4n) is 1.99. The van der Waals surface area contributed by atoms with E-state index in [0.29, 0.717) is 0 Å². The summed E-state index contributed by atoms with van der Waals surface area (Å²) in [6, 6.07) is 0. The zero-order valence-electron chi connectivity index (χ0n) is 7.76. The zero-order chi connectivity index (χ0) is 8.48. The summed E-state index contributed by atoms with van der Waals surface area (Å²) in [4.78, 5) is 10.7. The smallest absolute Gasteiger partial charge is 0.125 e. The van der Waals surface area contributed by atoms with Gasteiger partial charge >= 0.3 is 0 Å². The van der Waals surface area contributed by atoms with Crippen LogP contribution in [0.25, 0.3) is 0 Å². The second-order valence-electron chi connectivity index (χ2n) is 4.52. The van der Waals surface area contributed by atoms with Gasteiger partial charge in [-0.1, -0.05) is 20.8 Å². The third kappa shape index (κ3) is 1.82. The lowest BCUT2D eigenvalue weighted by molar-refractivity contribution is -0.115. The van der Waals surface area contributed by atoms with Gasteiger partial charge in [0.05, 0.1) is 0 Å². The highest BCUT2D eigenvalue weighted by atomic mass is 16.1. The molecule has 0 aromatic rings. The van der Waals surface area contributed by atoms with E-state index < -0.39 is 0 Å². The van der Waals surface area contributed by atoms with Crippen LogP contribution in [0.4, 0.5) is 0 Å². The molecule has 1 saturated carbocycles. The summed E-state index contributed by atoms with van der Waals surface area (Å²) in [6.45, 7) is 6.59. The fourth-order valence-corrected chi connectivity index (χ4v) is 1.99. The van der Waals surface area contributed by atoms with Crippen molar-refractivity contribution in [2.24, 2.45) is 17.3 Å². The van der Waals surface area contributed by atoms with E-state index in [0.717, 1.165) is 31.0 Å². The molecule has 1 fully saturated rings. The monoisotopic (exact) mass is 154 g/mol. The lowest BCUT2D eigenvalue weighted by atomic mass is 9.87. The molecule has 0 aromatic heterocycles. The molecule has 1 aliphatic rings. The van der Waals surface area contributed by atoms with Gasteiger partial charge in [-0.05, 0) is 31.1 Å². The van der Waals surface area contributed by atoms with Gasteiger partial charge in [-0.15, -0.1) is 0 Å². The van der Waals surface area contributed by atoms with Crippen LogP contribution in [0, 0.1) is 17.3 Å². The first-order chi connectivity index (χ1) is 5.07. The first-order valence-corrected chi connectivity index (χ1v) is 4.54. The van der Waals surface area contributed by atoms with E-state index >= 15 is 0 Å². The van der Waals surface area contributed by atoms with Gasteiger partial charge < -0.3 is 4.79 Å². The maximum atomic E-state index is 10.7. The standard InChI is InChI=1S/C10H18O/c1-8(2)9-4-5-10(3,6-9)7-11/h7-9H,4-6H2,1-3H3/t9-,10+/m0/s1. The molecule has 2 atom stereocenters. The van der Waals surface area contributed by atoms with Gasteiger partial charge in [-0.2, -0.15) is 0 Å². The Morgan fingerprint density at radius 3 is 2.45 bits per heavy atom. The van der Waals surface area contributed by atoms with E-state index in [-0.39, 0.29) is 5.41 Å². The van der Waals surface area contributed by atoms with Gasteiger partial charge in [-0.3, -0.25) is 0 Å². The minimum atomic E-state index is 0.00887. The molecule has 0 unspecified atom stereocenters. The molecule has 0 amide bonds. The van der Waals surface area contributed by atoms with Crippen LogP contribution in [-0.2, 0) is 4.79 Å². The number of hydrogen-bond acceptors (Lipinski definition) is 1. The van der Waals surface area contributed by atoms with Gasteiger partial charge in [0.1, 0.15) is 6.29 Å². The van der Waals surface area contributed by atoms with E-state index in [9.17, 15) is 4.79 Å². The van der Waals surface area contributed by atoms with Gasteiger partial charge in [0.2, 0.25) is 0 Å². The predicted molar refractivity (Wildman–Crippen MR) is 46.4 cm³/mol. The molecule has 1 aliphatic carbocycles. The molecule has 0 N–H and O–H groups in total. The molecule has 0 saturated heterocycles. The first kappa shape index (κ1) is 8.76. The summed E-state index contributed by atoms with van der Waals surface area (Å²) < 4.78 is 0. The van der Waals surface area contributed by atoms with Gasteiger partial charge in [0.25, 0.3) is 0 Å². The number of carbonyl (C=O) groups excluding carboxylic acids is 1. The Labute approximate surface area is 69.2 Å². The number of rotatable bonds is 2. The van der Waals surface area contributed by atoms with Crippen LogP contribution in [0.5, 0.6) is 0 Å². The largest absolute Gasteiger partial charge is 0.303 e. The Hall–Kier alpha value is -0.330. The van der Waals surface area contributed by atoms with Crippen molar-refractivity contribution < 1.29 is 4.79 Å². The van der Waals surface area contributed by atoms with Gasteiger partial charge in [-0.25, -0.2) is 0 Å². The maximum absolute atomic E-state index is 10.7. The van der Waals surface area contributed by atoms with E-state index in [1.165, 1.54) is 6.42 Å². The van der Waals surface area contributed by atoms with Crippen molar-refractivity contribution in [1.29, 1.82) is 0 Å². The van der Waals surface area contributed by atoms with E-state index in [4.69, 9.17) is 0 Å². The number of carbonyl (C=O) groups is 1. The van der Waals surface area contributed by atoms with Crippen molar-refractivity contribution in [3.8, 4) is 0 Å². The van der Waals surface area contributed by atoms with Crippen LogP contribution >= 0.6 is 0 Å². The van der Waals surface area contributed by atoms with Crippen molar-refractivity contribution in [1.82, 2.24) is 0 Å². The van der Waals surface area contributed by atoms with Crippen LogP contribution in [0.15, 0.2) is 0 Å². The summed E-state index contributed by atoms with van der Waals surface area (Å²) >= 11 is 0. The minimum Gasteiger partial charge on any atom is -0.303 e. The topological polar surface area (TPSA) is 17.1 Å². The number of hydrogen-bond donors (Lipinski definition) is 0. The molecular weight excluding hydrogens is 136 g/mol. The first-order valence-electron chi connectivity index (χ1n) is 4.54. The third-order valence-electron chi connectivity index (χ3n) is 3.04. The summed E-state index contributed by atoms with van der Waals surface area (Å²) in [5, 5.41) is 0. The van der Waals surface area contributed by atoms with E-state index in [1.54, 1.807) is 0 Å². The highest BCUT2D eigenvalue weighted by Crippen LogP contribution is 2.42. The second kappa shape index (κ2) is 2.96. The molecule has 0 radical (unpaired) electrons. The van der Waals surface area contributed by atoms with Crippen LogP contribution in [0.3, 0.4) is 0 Å². The molecule has 1 rings (SSSR count). The molecule has 0 aliphatic heterocycles. The van der Waals surface area contributed by atoms with Crippen molar-refractivity contribution >= 4 is 6.29 Å². The van der Waals surface area contributed by atoms with Crippen LogP contribution in [0.1, 0.15) is 40.0 Å². The van der Waals surface area contributed by atoms with Crippen LogP contribution in [-0.4, -0.2) is 6.29 Å². The fraction of sp³-hybridized carbons (Fsp3) is 0.900. The lowest BCUT2D eigenvalue weighted by Crippen LogP contribution is -2.14. The molecular formula is C10H18O. The van der Waals surface area contributed by atoms with E-state index in [2.05, 4.69) is 20.8 Å². The summed E-state index contributed by atoms with van der Waals surface area (Å²) in [7, 11) is 0. The molecule has 0 aromatic carbocycles. The molecule has 1 nitrogen and oxygen atoms in total. The molecule has 0 bridgehead atoms. The highest BCUT2D eigenvalue weighted by Gasteiger charge is 2.35. The maximum Gasteiger partial charge on any atom is 0.125 e. The minimum absolute atomic E-state index is 0.00887. The SMILES string of the molecule is CC(C)[C@H]1CC[C@@](C)(C=O)C1.